The van der Waals surface area contributed by atoms with Gasteiger partial charge in [-0.15, -0.1) is 0 Å². The second-order valence-electron chi connectivity index (χ2n) is 5.21. The summed E-state index contributed by atoms with van der Waals surface area (Å²) >= 11 is 0. The van der Waals surface area contributed by atoms with Gasteiger partial charge in [-0.2, -0.15) is 5.10 Å². The first-order valence-corrected chi connectivity index (χ1v) is 7.05. The van der Waals surface area contributed by atoms with Crippen molar-refractivity contribution in [2.45, 2.75) is 32.6 Å². The topological polar surface area (TPSA) is 56.1 Å². The molecule has 1 amide bonds. The number of amides is 1. The van der Waals surface area contributed by atoms with Crippen LogP contribution in [0.1, 0.15) is 31.2 Å². The Kier molecular flexibility index (Phi) is 4.96. The quantitative estimate of drug-likeness (QED) is 0.837. The number of nitrogens with zero attached hydrogens (tertiary/aromatic N) is 2. The lowest BCUT2D eigenvalue weighted by molar-refractivity contribution is -0.120. The zero-order valence-electron chi connectivity index (χ0n) is 11.8. The molecule has 1 fully saturated rings. The van der Waals surface area contributed by atoms with E-state index < -0.39 is 0 Å². The van der Waals surface area contributed by atoms with Gasteiger partial charge in [-0.3, -0.25) is 9.48 Å². The first kappa shape index (κ1) is 14.1. The summed E-state index contributed by atoms with van der Waals surface area (Å²) in [5.41, 5.74) is 2.04. The number of hydrogen-bond donors (Lipinski definition) is 1. The molecule has 1 aromatic rings. The lowest BCUT2D eigenvalue weighted by Crippen LogP contribution is -2.31. The second-order valence-corrected chi connectivity index (χ2v) is 5.21. The molecule has 1 N–H and O–H groups in total. The summed E-state index contributed by atoms with van der Waals surface area (Å²) in [6.45, 7) is 4.44. The van der Waals surface area contributed by atoms with Gasteiger partial charge in [-0.05, 0) is 18.9 Å². The SMILES string of the molecule is CCCc1cc(CC(=O)NCC2CCOC2)n(C)n1. The lowest BCUT2D eigenvalue weighted by atomic mass is 10.1. The van der Waals surface area contributed by atoms with Gasteiger partial charge in [0.2, 0.25) is 5.91 Å². The van der Waals surface area contributed by atoms with E-state index in [1.807, 2.05) is 17.8 Å². The zero-order chi connectivity index (χ0) is 13.7. The van der Waals surface area contributed by atoms with E-state index in [9.17, 15) is 4.79 Å². The van der Waals surface area contributed by atoms with Crippen LogP contribution in [0.5, 0.6) is 0 Å². The smallest absolute Gasteiger partial charge is 0.226 e. The molecule has 0 radical (unpaired) electrons. The van der Waals surface area contributed by atoms with Crippen LogP contribution in [0.3, 0.4) is 0 Å². The lowest BCUT2D eigenvalue weighted by Gasteiger charge is -2.09. The molecule has 0 spiro atoms. The third-order valence-corrected chi connectivity index (χ3v) is 3.49. The fraction of sp³-hybridized carbons (Fsp3) is 0.714. The van der Waals surface area contributed by atoms with Gasteiger partial charge in [-0.1, -0.05) is 13.3 Å². The van der Waals surface area contributed by atoms with Crippen molar-refractivity contribution in [3.8, 4) is 0 Å². The predicted octanol–water partition coefficient (Wildman–Crippen LogP) is 1.07. The Hall–Kier alpha value is -1.36. The van der Waals surface area contributed by atoms with Crippen LogP contribution in [-0.4, -0.2) is 35.4 Å². The van der Waals surface area contributed by atoms with E-state index in [0.717, 1.165) is 50.4 Å². The molecule has 2 rings (SSSR count). The van der Waals surface area contributed by atoms with Crippen molar-refractivity contribution in [2.75, 3.05) is 19.8 Å². The Bertz CT molecular complexity index is 422. The predicted molar refractivity (Wildman–Crippen MR) is 72.8 cm³/mol. The highest BCUT2D eigenvalue weighted by Crippen LogP contribution is 2.11. The van der Waals surface area contributed by atoms with E-state index in [1.165, 1.54) is 0 Å². The molecular weight excluding hydrogens is 242 g/mol. The van der Waals surface area contributed by atoms with Gasteiger partial charge in [0.1, 0.15) is 0 Å². The summed E-state index contributed by atoms with van der Waals surface area (Å²) in [5, 5.41) is 7.39. The summed E-state index contributed by atoms with van der Waals surface area (Å²) in [5.74, 6) is 0.545. The highest BCUT2D eigenvalue weighted by atomic mass is 16.5. The van der Waals surface area contributed by atoms with Crippen LogP contribution in [0.2, 0.25) is 0 Å². The molecule has 1 unspecified atom stereocenters. The minimum absolute atomic E-state index is 0.0675. The van der Waals surface area contributed by atoms with Gasteiger partial charge in [0.15, 0.2) is 0 Å². The average molecular weight is 265 g/mol. The molecule has 0 aliphatic carbocycles. The minimum atomic E-state index is 0.0675. The van der Waals surface area contributed by atoms with E-state index in [0.29, 0.717) is 12.3 Å². The van der Waals surface area contributed by atoms with E-state index in [1.54, 1.807) is 0 Å². The van der Waals surface area contributed by atoms with Gasteiger partial charge in [0.05, 0.1) is 18.7 Å². The standard InChI is InChI=1S/C14H23N3O2/c1-3-4-12-7-13(17(2)16-12)8-14(18)15-9-11-5-6-19-10-11/h7,11H,3-6,8-10H2,1-2H3,(H,15,18). The van der Waals surface area contributed by atoms with E-state index >= 15 is 0 Å². The maximum Gasteiger partial charge on any atom is 0.226 e. The van der Waals surface area contributed by atoms with Gasteiger partial charge in [0, 0.05) is 31.8 Å². The number of carbonyl (C=O) groups is 1. The number of nitrogens with one attached hydrogen (secondary N) is 1. The number of aryl methyl sites for hydroxylation is 2. The van der Waals surface area contributed by atoms with E-state index in [-0.39, 0.29) is 5.91 Å². The molecule has 106 valence electrons. The summed E-state index contributed by atoms with van der Waals surface area (Å²) in [6, 6.07) is 2.03. The fourth-order valence-corrected chi connectivity index (χ4v) is 2.34. The van der Waals surface area contributed by atoms with Crippen LogP contribution in [0.15, 0.2) is 6.07 Å². The number of ether oxygens (including phenoxy) is 1. The molecule has 19 heavy (non-hydrogen) atoms. The Morgan fingerprint density at radius 3 is 3.16 bits per heavy atom. The first-order chi connectivity index (χ1) is 9.19. The summed E-state index contributed by atoms with van der Waals surface area (Å²) in [4.78, 5) is 11.9. The molecule has 1 aliphatic rings. The molecule has 5 nitrogen and oxygen atoms in total. The van der Waals surface area contributed by atoms with Crippen molar-refractivity contribution in [1.82, 2.24) is 15.1 Å². The van der Waals surface area contributed by atoms with Crippen molar-refractivity contribution in [3.05, 3.63) is 17.5 Å². The van der Waals surface area contributed by atoms with Gasteiger partial charge in [-0.25, -0.2) is 0 Å². The second kappa shape index (κ2) is 6.70. The highest BCUT2D eigenvalue weighted by molar-refractivity contribution is 5.78. The molecule has 1 atom stereocenters. The maximum absolute atomic E-state index is 11.9. The van der Waals surface area contributed by atoms with Crippen molar-refractivity contribution >= 4 is 5.91 Å². The van der Waals surface area contributed by atoms with Crippen molar-refractivity contribution in [3.63, 3.8) is 0 Å². The van der Waals surface area contributed by atoms with Crippen LogP contribution in [0.4, 0.5) is 0 Å². The molecule has 2 heterocycles. The molecular formula is C14H23N3O2. The van der Waals surface area contributed by atoms with Crippen LogP contribution in [0.25, 0.3) is 0 Å². The number of carbonyl (C=O) groups excluding carboxylic acids is 1. The third kappa shape index (κ3) is 4.06. The molecule has 1 saturated heterocycles. The van der Waals surface area contributed by atoms with Gasteiger partial charge < -0.3 is 10.1 Å². The molecule has 0 saturated carbocycles. The monoisotopic (exact) mass is 265 g/mol. The highest BCUT2D eigenvalue weighted by Gasteiger charge is 2.17. The normalized spacial score (nSPS) is 18.7. The van der Waals surface area contributed by atoms with E-state index in [2.05, 4.69) is 17.3 Å². The largest absolute Gasteiger partial charge is 0.381 e. The Morgan fingerprint density at radius 2 is 2.47 bits per heavy atom. The van der Waals surface area contributed by atoms with Gasteiger partial charge in [0.25, 0.3) is 0 Å². The average Bonchev–Trinajstić information content (AvgIpc) is 2.98. The van der Waals surface area contributed by atoms with Crippen LogP contribution < -0.4 is 5.32 Å². The van der Waals surface area contributed by atoms with Crippen molar-refractivity contribution < 1.29 is 9.53 Å². The summed E-state index contributed by atoms with van der Waals surface area (Å²) < 4.78 is 7.10. The molecule has 1 aromatic heterocycles. The third-order valence-electron chi connectivity index (χ3n) is 3.49. The number of rotatable bonds is 6. The maximum atomic E-state index is 11.9. The minimum Gasteiger partial charge on any atom is -0.381 e. The zero-order valence-corrected chi connectivity index (χ0v) is 11.8. The summed E-state index contributed by atoms with van der Waals surface area (Å²) in [7, 11) is 1.90. The van der Waals surface area contributed by atoms with Gasteiger partial charge >= 0.3 is 0 Å². The fourth-order valence-electron chi connectivity index (χ4n) is 2.34. The first-order valence-electron chi connectivity index (χ1n) is 7.05. The van der Waals surface area contributed by atoms with E-state index in [4.69, 9.17) is 4.74 Å². The van der Waals surface area contributed by atoms with Crippen LogP contribution in [0, 0.1) is 5.92 Å². The Balaban J connectivity index is 1.80. The van der Waals surface area contributed by atoms with Crippen molar-refractivity contribution in [1.29, 1.82) is 0 Å². The van der Waals surface area contributed by atoms with Crippen LogP contribution in [-0.2, 0) is 29.4 Å². The van der Waals surface area contributed by atoms with Crippen molar-refractivity contribution in [2.24, 2.45) is 13.0 Å². The molecule has 1 aliphatic heterocycles. The molecule has 0 aromatic carbocycles. The number of aromatic nitrogens is 2. The molecule has 0 bridgehead atoms. The number of hydrogen-bond acceptors (Lipinski definition) is 3. The summed E-state index contributed by atoms with van der Waals surface area (Å²) in [6.07, 6.45) is 3.49. The van der Waals surface area contributed by atoms with Crippen LogP contribution >= 0.6 is 0 Å². The Labute approximate surface area is 114 Å². The molecule has 5 heteroatoms. The Morgan fingerprint density at radius 1 is 1.63 bits per heavy atom.